The third-order valence-corrected chi connectivity index (χ3v) is 10.5. The molecule has 1 radical (unpaired) electrons. The van der Waals surface area contributed by atoms with Crippen LogP contribution >= 0.6 is 0 Å². The highest BCUT2D eigenvalue weighted by Gasteiger charge is 2.41. The van der Waals surface area contributed by atoms with E-state index in [-0.39, 0.29) is 0 Å². The van der Waals surface area contributed by atoms with Gasteiger partial charge in [-0.15, -0.1) is 0 Å². The van der Waals surface area contributed by atoms with Gasteiger partial charge in [0.2, 0.25) is 0 Å². The van der Waals surface area contributed by atoms with Crippen molar-refractivity contribution >= 4 is 8.07 Å². The Labute approximate surface area is 91.5 Å². The Hall–Kier alpha value is 0.217. The molecule has 1 rings (SSSR count). The Bertz CT molecular complexity index is 168. The van der Waals surface area contributed by atoms with Crippen LogP contribution in [0.25, 0.3) is 0 Å². The first-order valence-electron chi connectivity index (χ1n) is 6.21. The van der Waals surface area contributed by atoms with Crippen LogP contribution in [0.4, 0.5) is 0 Å². The summed E-state index contributed by atoms with van der Waals surface area (Å²) in [6, 6.07) is 0. The fourth-order valence-electron chi connectivity index (χ4n) is 2.31. The van der Waals surface area contributed by atoms with Gasteiger partial charge < -0.3 is 0 Å². The van der Waals surface area contributed by atoms with Gasteiger partial charge in [0.15, 0.2) is 0 Å². The Morgan fingerprint density at radius 1 is 0.857 bits per heavy atom. The minimum absolute atomic E-state index is 0.548. The average Bonchev–Trinajstić information content (AvgIpc) is 2.29. The van der Waals surface area contributed by atoms with Crippen LogP contribution in [0.5, 0.6) is 0 Å². The molecule has 0 atom stereocenters. The fraction of sp³-hybridized carbons (Fsp3) is 0.923. The highest BCUT2D eigenvalue weighted by molar-refractivity contribution is 6.85. The molecule has 1 aliphatic carbocycles. The molecule has 0 heterocycles. The standard InChI is InChI=1S/C13H27Si/c1-13(2,3)14(4,5)12-10-8-6-7-9-11-12/h6-11H2,1-5H3. The summed E-state index contributed by atoms with van der Waals surface area (Å²) in [5, 5.41) is 0.548. The Kier molecular flexibility index (Phi) is 3.85. The van der Waals surface area contributed by atoms with E-state index in [1.807, 2.05) is 5.54 Å². The van der Waals surface area contributed by atoms with Gasteiger partial charge in [-0.2, -0.15) is 0 Å². The zero-order chi connectivity index (χ0) is 10.8. The van der Waals surface area contributed by atoms with Crippen molar-refractivity contribution in [2.24, 2.45) is 0 Å². The lowest BCUT2D eigenvalue weighted by Gasteiger charge is -2.43. The number of rotatable bonds is 1. The third-order valence-electron chi connectivity index (χ3n) is 4.47. The Morgan fingerprint density at radius 3 is 1.64 bits per heavy atom. The van der Waals surface area contributed by atoms with E-state index >= 15 is 0 Å². The van der Waals surface area contributed by atoms with Crippen LogP contribution in [0, 0.1) is 5.54 Å². The zero-order valence-electron chi connectivity index (χ0n) is 10.7. The summed E-state index contributed by atoms with van der Waals surface area (Å²) in [6.07, 6.45) is 8.74. The predicted molar refractivity (Wildman–Crippen MR) is 68.1 cm³/mol. The lowest BCUT2D eigenvalue weighted by atomic mass is 10.2. The molecule has 0 N–H and O–H groups in total. The molecule has 0 spiro atoms. The molecule has 0 aromatic heterocycles. The Morgan fingerprint density at radius 2 is 1.29 bits per heavy atom. The molecule has 0 saturated heterocycles. The lowest BCUT2D eigenvalue weighted by molar-refractivity contribution is 0.687. The van der Waals surface area contributed by atoms with Gasteiger partial charge in [-0.25, -0.2) is 0 Å². The van der Waals surface area contributed by atoms with E-state index in [9.17, 15) is 0 Å². The highest BCUT2D eigenvalue weighted by Crippen LogP contribution is 2.46. The third kappa shape index (κ3) is 2.62. The quantitative estimate of drug-likeness (QED) is 0.425. The predicted octanol–water partition coefficient (Wildman–Crippen LogP) is 4.96. The molecular formula is C13H27Si. The van der Waals surface area contributed by atoms with Gasteiger partial charge in [0.1, 0.15) is 0 Å². The van der Waals surface area contributed by atoms with E-state index in [4.69, 9.17) is 0 Å². The van der Waals surface area contributed by atoms with Crippen LogP contribution < -0.4 is 0 Å². The monoisotopic (exact) mass is 211 g/mol. The smallest absolute Gasteiger partial charge is 0.0592 e. The van der Waals surface area contributed by atoms with Crippen molar-refractivity contribution in [1.29, 1.82) is 0 Å². The van der Waals surface area contributed by atoms with Crippen LogP contribution in [0.2, 0.25) is 18.1 Å². The van der Waals surface area contributed by atoms with E-state index in [1.54, 1.807) is 0 Å². The van der Waals surface area contributed by atoms with Crippen molar-refractivity contribution in [2.45, 2.75) is 77.4 Å². The SMILES string of the molecule is CC(C)(C)[Si](C)(C)[C]1CCCCCC1. The number of hydrogen-bond acceptors (Lipinski definition) is 0. The molecule has 14 heavy (non-hydrogen) atoms. The van der Waals surface area contributed by atoms with Crippen molar-refractivity contribution in [1.82, 2.24) is 0 Å². The number of hydrogen-bond donors (Lipinski definition) is 0. The molecule has 0 amide bonds. The van der Waals surface area contributed by atoms with Gasteiger partial charge in [0.25, 0.3) is 0 Å². The maximum atomic E-state index is 2.58. The molecule has 1 heteroatoms. The lowest BCUT2D eigenvalue weighted by Crippen LogP contribution is -2.44. The van der Waals surface area contributed by atoms with E-state index in [0.717, 1.165) is 0 Å². The first-order chi connectivity index (χ1) is 6.36. The molecule has 1 saturated carbocycles. The average molecular weight is 211 g/mol. The summed E-state index contributed by atoms with van der Waals surface area (Å²) in [7, 11) is -1.12. The van der Waals surface area contributed by atoms with Crippen LogP contribution in [0.15, 0.2) is 0 Å². The van der Waals surface area contributed by atoms with Crippen molar-refractivity contribution in [3.05, 3.63) is 5.54 Å². The minimum atomic E-state index is -1.12. The molecule has 1 aliphatic rings. The molecule has 0 bridgehead atoms. The van der Waals surface area contributed by atoms with Crippen LogP contribution in [0.3, 0.4) is 0 Å². The van der Waals surface area contributed by atoms with Gasteiger partial charge >= 0.3 is 0 Å². The molecule has 0 aromatic carbocycles. The molecular weight excluding hydrogens is 184 g/mol. The summed E-state index contributed by atoms with van der Waals surface area (Å²) in [6.45, 7) is 12.5. The molecule has 1 fully saturated rings. The molecule has 0 unspecified atom stereocenters. The van der Waals surface area contributed by atoms with Crippen LogP contribution in [0.1, 0.15) is 59.3 Å². The first kappa shape index (κ1) is 12.3. The van der Waals surface area contributed by atoms with Crippen molar-refractivity contribution in [3.63, 3.8) is 0 Å². The Balaban J connectivity index is 2.69. The first-order valence-corrected chi connectivity index (χ1v) is 9.21. The summed E-state index contributed by atoms with van der Waals surface area (Å²) in [4.78, 5) is 0. The molecule has 0 aliphatic heterocycles. The summed E-state index contributed by atoms with van der Waals surface area (Å²) in [5.74, 6) is 0. The van der Waals surface area contributed by atoms with Gasteiger partial charge in [0.05, 0.1) is 8.07 Å². The van der Waals surface area contributed by atoms with Gasteiger partial charge in [-0.05, 0) is 23.4 Å². The summed E-state index contributed by atoms with van der Waals surface area (Å²) in [5.41, 5.74) is 1.96. The van der Waals surface area contributed by atoms with Gasteiger partial charge in [-0.3, -0.25) is 0 Å². The van der Waals surface area contributed by atoms with E-state index < -0.39 is 8.07 Å². The summed E-state index contributed by atoms with van der Waals surface area (Å²) >= 11 is 0. The van der Waals surface area contributed by atoms with Gasteiger partial charge in [0, 0.05) is 0 Å². The van der Waals surface area contributed by atoms with Crippen molar-refractivity contribution in [2.75, 3.05) is 0 Å². The maximum Gasteiger partial charge on any atom is 0.0592 e. The van der Waals surface area contributed by atoms with Crippen LogP contribution in [-0.2, 0) is 0 Å². The molecule has 0 aromatic rings. The minimum Gasteiger partial charge on any atom is -0.0686 e. The van der Waals surface area contributed by atoms with E-state index in [2.05, 4.69) is 33.9 Å². The second kappa shape index (κ2) is 4.38. The summed E-state index contributed by atoms with van der Waals surface area (Å²) < 4.78 is 0. The molecule has 83 valence electrons. The topological polar surface area (TPSA) is 0 Å². The van der Waals surface area contributed by atoms with Crippen LogP contribution in [-0.4, -0.2) is 8.07 Å². The second-order valence-electron chi connectivity index (χ2n) is 6.39. The normalized spacial score (nSPS) is 22.1. The van der Waals surface area contributed by atoms with Crippen molar-refractivity contribution < 1.29 is 0 Å². The molecule has 0 nitrogen and oxygen atoms in total. The fourth-order valence-corrected chi connectivity index (χ4v) is 4.97. The zero-order valence-corrected chi connectivity index (χ0v) is 11.7. The van der Waals surface area contributed by atoms with Gasteiger partial charge in [-0.1, -0.05) is 59.5 Å². The van der Waals surface area contributed by atoms with E-state index in [1.165, 1.54) is 38.5 Å². The second-order valence-corrected chi connectivity index (χ2v) is 11.8. The largest absolute Gasteiger partial charge is 0.0686 e. The van der Waals surface area contributed by atoms with Crippen molar-refractivity contribution in [3.8, 4) is 0 Å². The highest BCUT2D eigenvalue weighted by atomic mass is 28.3. The maximum absolute atomic E-state index is 2.58. The van der Waals surface area contributed by atoms with E-state index in [0.29, 0.717) is 5.04 Å².